The van der Waals surface area contributed by atoms with Gasteiger partial charge in [0.15, 0.2) is 0 Å². The van der Waals surface area contributed by atoms with E-state index >= 15 is 0 Å². The number of hydrogen-bond donors (Lipinski definition) is 1. The summed E-state index contributed by atoms with van der Waals surface area (Å²) in [5.41, 5.74) is 0. The molecule has 2 nitrogen and oxygen atoms in total. The summed E-state index contributed by atoms with van der Waals surface area (Å²) >= 11 is 0. The maximum absolute atomic E-state index is 3.81. The molecule has 2 heteroatoms. The summed E-state index contributed by atoms with van der Waals surface area (Å²) < 4.78 is 0. The molecule has 2 atom stereocenters. The van der Waals surface area contributed by atoms with E-state index in [1.54, 1.807) is 0 Å². The standard InChI is InChI=1S/C9H18N2/c1-4-9(10-3)11-7-5-6-8(11)2/h4,8-10H,1,5-7H2,2-3H3. The van der Waals surface area contributed by atoms with Crippen LogP contribution < -0.4 is 5.32 Å². The Hall–Kier alpha value is -0.340. The first-order valence-corrected chi connectivity index (χ1v) is 4.35. The second kappa shape index (κ2) is 3.88. The average Bonchev–Trinajstić information content (AvgIpc) is 2.40. The molecule has 0 bridgehead atoms. The maximum atomic E-state index is 3.81. The van der Waals surface area contributed by atoms with Crippen molar-refractivity contribution in [2.45, 2.75) is 32.0 Å². The van der Waals surface area contributed by atoms with Crippen molar-refractivity contribution in [3.05, 3.63) is 12.7 Å². The van der Waals surface area contributed by atoms with Crippen molar-refractivity contribution in [3.8, 4) is 0 Å². The Balaban J connectivity index is 2.49. The zero-order valence-electron chi connectivity index (χ0n) is 7.51. The molecule has 0 aromatic carbocycles. The average molecular weight is 154 g/mol. The first-order chi connectivity index (χ1) is 5.29. The molecule has 1 rings (SSSR count). The lowest BCUT2D eigenvalue weighted by Crippen LogP contribution is -2.44. The predicted octanol–water partition coefficient (Wildman–Crippen LogP) is 1.20. The van der Waals surface area contributed by atoms with Crippen LogP contribution in [0.2, 0.25) is 0 Å². The van der Waals surface area contributed by atoms with E-state index in [4.69, 9.17) is 0 Å². The molecule has 11 heavy (non-hydrogen) atoms. The number of likely N-dealkylation sites (tertiary alicyclic amines) is 1. The van der Waals surface area contributed by atoms with Gasteiger partial charge in [0, 0.05) is 12.6 Å². The lowest BCUT2D eigenvalue weighted by atomic mass is 10.2. The van der Waals surface area contributed by atoms with Gasteiger partial charge in [0.05, 0.1) is 6.17 Å². The summed E-state index contributed by atoms with van der Waals surface area (Å²) in [7, 11) is 1.98. The molecule has 1 N–H and O–H groups in total. The van der Waals surface area contributed by atoms with E-state index in [1.807, 2.05) is 13.1 Å². The monoisotopic (exact) mass is 154 g/mol. The minimum atomic E-state index is 0.368. The zero-order chi connectivity index (χ0) is 8.27. The molecule has 0 spiro atoms. The van der Waals surface area contributed by atoms with E-state index in [9.17, 15) is 0 Å². The topological polar surface area (TPSA) is 15.3 Å². The highest BCUT2D eigenvalue weighted by Gasteiger charge is 2.24. The van der Waals surface area contributed by atoms with Gasteiger partial charge in [-0.2, -0.15) is 0 Å². The highest BCUT2D eigenvalue weighted by Crippen LogP contribution is 2.18. The summed E-state index contributed by atoms with van der Waals surface area (Å²) in [5.74, 6) is 0. The van der Waals surface area contributed by atoms with Crippen LogP contribution in [0.4, 0.5) is 0 Å². The number of nitrogens with one attached hydrogen (secondary N) is 1. The van der Waals surface area contributed by atoms with Gasteiger partial charge in [-0.3, -0.25) is 4.90 Å². The minimum Gasteiger partial charge on any atom is -0.302 e. The molecule has 0 aromatic rings. The molecule has 0 radical (unpaired) electrons. The summed E-state index contributed by atoms with van der Waals surface area (Å²) in [6.07, 6.45) is 4.99. The number of hydrogen-bond acceptors (Lipinski definition) is 2. The Morgan fingerprint density at radius 1 is 1.73 bits per heavy atom. The lowest BCUT2D eigenvalue weighted by molar-refractivity contribution is 0.202. The van der Waals surface area contributed by atoms with Gasteiger partial charge in [0.2, 0.25) is 0 Å². The van der Waals surface area contributed by atoms with Crippen molar-refractivity contribution >= 4 is 0 Å². The first-order valence-electron chi connectivity index (χ1n) is 4.35. The highest BCUT2D eigenvalue weighted by molar-refractivity contribution is 4.90. The Kier molecular flexibility index (Phi) is 3.09. The van der Waals surface area contributed by atoms with Crippen molar-refractivity contribution in [1.82, 2.24) is 10.2 Å². The smallest absolute Gasteiger partial charge is 0.0786 e. The third kappa shape index (κ3) is 1.82. The van der Waals surface area contributed by atoms with Crippen molar-refractivity contribution in [1.29, 1.82) is 0 Å². The van der Waals surface area contributed by atoms with E-state index in [-0.39, 0.29) is 0 Å². The molecule has 1 fully saturated rings. The summed E-state index contributed by atoms with van der Waals surface area (Å²) in [4.78, 5) is 2.45. The van der Waals surface area contributed by atoms with Crippen LogP contribution >= 0.6 is 0 Å². The second-order valence-corrected chi connectivity index (χ2v) is 3.20. The molecule has 1 aliphatic rings. The van der Waals surface area contributed by atoms with Crippen molar-refractivity contribution in [2.24, 2.45) is 0 Å². The van der Waals surface area contributed by atoms with Crippen LogP contribution in [-0.2, 0) is 0 Å². The second-order valence-electron chi connectivity index (χ2n) is 3.20. The SMILES string of the molecule is C=CC(NC)N1CCCC1C. The molecular weight excluding hydrogens is 136 g/mol. The molecule has 1 heterocycles. The Bertz CT molecular complexity index is 134. The third-order valence-corrected chi connectivity index (χ3v) is 2.48. The molecule has 64 valence electrons. The molecule has 1 saturated heterocycles. The van der Waals surface area contributed by atoms with Crippen LogP contribution in [-0.4, -0.2) is 30.7 Å². The largest absolute Gasteiger partial charge is 0.302 e. The lowest BCUT2D eigenvalue weighted by Gasteiger charge is -2.28. The highest BCUT2D eigenvalue weighted by atomic mass is 15.3. The zero-order valence-corrected chi connectivity index (χ0v) is 7.51. The van der Waals surface area contributed by atoms with E-state index in [1.165, 1.54) is 19.4 Å². The molecule has 1 aliphatic heterocycles. The van der Waals surface area contributed by atoms with Crippen LogP contribution in [0.3, 0.4) is 0 Å². The Labute approximate surface area is 69.3 Å². The van der Waals surface area contributed by atoms with Gasteiger partial charge in [-0.1, -0.05) is 6.08 Å². The van der Waals surface area contributed by atoms with E-state index < -0.39 is 0 Å². The maximum Gasteiger partial charge on any atom is 0.0786 e. The van der Waals surface area contributed by atoms with E-state index in [2.05, 4.69) is 23.7 Å². The minimum absolute atomic E-state index is 0.368. The van der Waals surface area contributed by atoms with E-state index in [0.29, 0.717) is 12.2 Å². The molecule has 0 aliphatic carbocycles. The van der Waals surface area contributed by atoms with Gasteiger partial charge in [0.1, 0.15) is 0 Å². The molecule has 0 aromatic heterocycles. The van der Waals surface area contributed by atoms with Crippen LogP contribution in [0, 0.1) is 0 Å². The molecule has 2 unspecified atom stereocenters. The third-order valence-electron chi connectivity index (χ3n) is 2.48. The summed E-state index contributed by atoms with van der Waals surface area (Å²) in [5, 5.41) is 3.23. The van der Waals surface area contributed by atoms with Gasteiger partial charge in [-0.15, -0.1) is 6.58 Å². The van der Waals surface area contributed by atoms with Crippen molar-refractivity contribution in [3.63, 3.8) is 0 Å². The summed E-state index contributed by atoms with van der Waals surface area (Å²) in [6, 6.07) is 0.713. The van der Waals surface area contributed by atoms with Crippen LogP contribution in [0.1, 0.15) is 19.8 Å². The Morgan fingerprint density at radius 2 is 2.45 bits per heavy atom. The fourth-order valence-corrected chi connectivity index (χ4v) is 1.79. The van der Waals surface area contributed by atoms with E-state index in [0.717, 1.165) is 0 Å². The van der Waals surface area contributed by atoms with Gasteiger partial charge in [-0.05, 0) is 26.8 Å². The first kappa shape index (κ1) is 8.75. The fraction of sp³-hybridized carbons (Fsp3) is 0.778. The van der Waals surface area contributed by atoms with Crippen molar-refractivity contribution < 1.29 is 0 Å². The van der Waals surface area contributed by atoms with Crippen LogP contribution in [0.5, 0.6) is 0 Å². The van der Waals surface area contributed by atoms with Crippen LogP contribution in [0.25, 0.3) is 0 Å². The van der Waals surface area contributed by atoms with Gasteiger partial charge < -0.3 is 5.32 Å². The van der Waals surface area contributed by atoms with Crippen molar-refractivity contribution in [2.75, 3.05) is 13.6 Å². The fourth-order valence-electron chi connectivity index (χ4n) is 1.79. The van der Waals surface area contributed by atoms with Gasteiger partial charge >= 0.3 is 0 Å². The molecular formula is C9H18N2. The number of nitrogens with zero attached hydrogens (tertiary/aromatic N) is 1. The summed E-state index contributed by atoms with van der Waals surface area (Å²) in [6.45, 7) is 7.29. The molecule has 0 amide bonds. The predicted molar refractivity (Wildman–Crippen MR) is 48.4 cm³/mol. The van der Waals surface area contributed by atoms with Crippen LogP contribution in [0.15, 0.2) is 12.7 Å². The Morgan fingerprint density at radius 3 is 2.82 bits per heavy atom. The van der Waals surface area contributed by atoms with Gasteiger partial charge in [-0.25, -0.2) is 0 Å². The molecule has 0 saturated carbocycles. The number of rotatable bonds is 3. The van der Waals surface area contributed by atoms with Gasteiger partial charge in [0.25, 0.3) is 0 Å². The number of likely N-dealkylation sites (N-methyl/N-ethyl adjacent to an activating group) is 1. The quantitative estimate of drug-likeness (QED) is 0.614. The normalized spacial score (nSPS) is 28.7.